The molecule has 0 saturated heterocycles. The van der Waals surface area contributed by atoms with Gasteiger partial charge in [0, 0.05) is 13.1 Å². The number of rotatable bonds is 4. The Balaban J connectivity index is 1.52. The van der Waals surface area contributed by atoms with Gasteiger partial charge in [0.25, 0.3) is 5.91 Å². The predicted molar refractivity (Wildman–Crippen MR) is 125 cm³/mol. The Morgan fingerprint density at radius 2 is 1.61 bits per heavy atom. The van der Waals surface area contributed by atoms with Crippen LogP contribution in [0.15, 0.2) is 54.6 Å². The third kappa shape index (κ3) is 5.77. The minimum Gasteiger partial charge on any atom is -0.334 e. The molecule has 0 aliphatic carbocycles. The number of halogens is 8. The molecule has 0 aromatic heterocycles. The van der Waals surface area contributed by atoms with Crippen molar-refractivity contribution in [1.82, 2.24) is 4.90 Å². The van der Waals surface area contributed by atoms with E-state index in [1.54, 1.807) is 6.07 Å². The van der Waals surface area contributed by atoms with Gasteiger partial charge >= 0.3 is 12.4 Å². The van der Waals surface area contributed by atoms with E-state index in [-0.39, 0.29) is 35.8 Å². The number of hydrogen-bond acceptors (Lipinski definition) is 2. The molecule has 38 heavy (non-hydrogen) atoms. The fraction of sp³-hybridized carbons (Fsp3) is 0.231. The number of hydrogen-bond donors (Lipinski definition) is 1. The van der Waals surface area contributed by atoms with Crippen molar-refractivity contribution in [2.24, 2.45) is 0 Å². The van der Waals surface area contributed by atoms with Crippen molar-refractivity contribution >= 4 is 29.1 Å². The number of fused-ring (bicyclic) bond motifs is 1. The van der Waals surface area contributed by atoms with Crippen LogP contribution in [0.4, 0.5) is 36.4 Å². The summed E-state index contributed by atoms with van der Waals surface area (Å²) < 4.78 is 92.3. The Hall–Kier alpha value is -3.60. The van der Waals surface area contributed by atoms with E-state index in [4.69, 9.17) is 11.6 Å². The maximum Gasteiger partial charge on any atom is 0.419 e. The summed E-state index contributed by atoms with van der Waals surface area (Å²) in [6.45, 7) is 0.00979. The number of benzene rings is 3. The molecule has 4 rings (SSSR count). The Morgan fingerprint density at radius 1 is 0.921 bits per heavy atom. The zero-order valence-electron chi connectivity index (χ0n) is 19.3. The molecular weight excluding hydrogens is 541 g/mol. The Morgan fingerprint density at radius 3 is 2.26 bits per heavy atom. The molecule has 0 saturated carbocycles. The molecule has 1 heterocycles. The molecule has 1 aliphatic rings. The van der Waals surface area contributed by atoms with Gasteiger partial charge in [0.05, 0.1) is 33.8 Å². The number of amides is 2. The Labute approximate surface area is 217 Å². The average molecular weight is 559 g/mol. The minimum absolute atomic E-state index is 0.00835. The number of anilines is 1. The second kappa shape index (κ2) is 10.3. The van der Waals surface area contributed by atoms with E-state index >= 15 is 0 Å². The second-order valence-electron chi connectivity index (χ2n) is 8.62. The van der Waals surface area contributed by atoms with Crippen molar-refractivity contribution in [3.63, 3.8) is 0 Å². The highest BCUT2D eigenvalue weighted by Gasteiger charge is 2.37. The summed E-state index contributed by atoms with van der Waals surface area (Å²) in [5.41, 5.74) is -1.63. The van der Waals surface area contributed by atoms with Gasteiger partial charge in [-0.1, -0.05) is 35.9 Å². The smallest absolute Gasteiger partial charge is 0.334 e. The highest BCUT2D eigenvalue weighted by molar-refractivity contribution is 6.34. The summed E-state index contributed by atoms with van der Waals surface area (Å²) in [4.78, 5) is 26.8. The fourth-order valence-corrected chi connectivity index (χ4v) is 4.51. The highest BCUT2D eigenvalue weighted by Crippen LogP contribution is 2.36. The summed E-state index contributed by atoms with van der Waals surface area (Å²) in [5.74, 6) is -2.97. The maximum absolute atomic E-state index is 13.9. The first-order valence-electron chi connectivity index (χ1n) is 11.2. The van der Waals surface area contributed by atoms with Crippen LogP contribution in [0.3, 0.4) is 0 Å². The van der Waals surface area contributed by atoms with Gasteiger partial charge in [0.1, 0.15) is 5.82 Å². The summed E-state index contributed by atoms with van der Waals surface area (Å²) in [6, 6.07) is 9.70. The highest BCUT2D eigenvalue weighted by atomic mass is 35.5. The van der Waals surface area contributed by atoms with Crippen LogP contribution in [0.5, 0.6) is 0 Å². The van der Waals surface area contributed by atoms with Gasteiger partial charge in [-0.25, -0.2) is 4.39 Å². The molecule has 12 heteroatoms. The third-order valence-electron chi connectivity index (χ3n) is 6.07. The van der Waals surface area contributed by atoms with Crippen molar-refractivity contribution in [1.29, 1.82) is 0 Å². The number of nitrogens with one attached hydrogen (secondary N) is 1. The number of carbonyl (C=O) groups excluding carboxylic acids is 2. The van der Waals surface area contributed by atoms with Gasteiger partial charge in [0.15, 0.2) is 0 Å². The van der Waals surface area contributed by atoms with Crippen molar-refractivity contribution in [2.45, 2.75) is 31.7 Å². The lowest BCUT2D eigenvalue weighted by Crippen LogP contribution is -2.37. The fourth-order valence-electron chi connectivity index (χ4n) is 4.29. The first-order chi connectivity index (χ1) is 17.8. The largest absolute Gasteiger partial charge is 0.419 e. The van der Waals surface area contributed by atoms with Crippen LogP contribution in [0.2, 0.25) is 5.02 Å². The topological polar surface area (TPSA) is 49.4 Å². The van der Waals surface area contributed by atoms with E-state index < -0.39 is 53.1 Å². The molecule has 3 aromatic carbocycles. The quantitative estimate of drug-likeness (QED) is 0.354. The molecule has 2 amide bonds. The summed E-state index contributed by atoms with van der Waals surface area (Å²) >= 11 is 6.26. The lowest BCUT2D eigenvalue weighted by molar-refractivity contribution is -0.140. The summed E-state index contributed by atoms with van der Waals surface area (Å²) in [7, 11) is 0. The van der Waals surface area contributed by atoms with Crippen molar-refractivity contribution in [3.05, 3.63) is 98.8 Å². The van der Waals surface area contributed by atoms with Gasteiger partial charge < -0.3 is 10.2 Å². The molecule has 0 spiro atoms. The summed E-state index contributed by atoms with van der Waals surface area (Å²) in [6.07, 6.45) is -9.85. The van der Waals surface area contributed by atoms with E-state index in [0.717, 1.165) is 18.2 Å². The molecule has 3 aromatic rings. The monoisotopic (exact) mass is 558 g/mol. The molecule has 0 unspecified atom stereocenters. The van der Waals surface area contributed by atoms with E-state index in [1.165, 1.54) is 23.1 Å². The Bertz CT molecular complexity index is 1400. The van der Waals surface area contributed by atoms with E-state index in [2.05, 4.69) is 5.32 Å². The van der Waals surface area contributed by atoms with Crippen LogP contribution >= 0.6 is 11.6 Å². The normalized spacial score (nSPS) is 13.7. The first-order valence-corrected chi connectivity index (χ1v) is 11.5. The lowest BCUT2D eigenvalue weighted by Gasteiger charge is -2.31. The number of carbonyl (C=O) groups is 2. The van der Waals surface area contributed by atoms with Crippen LogP contribution in [0.1, 0.15) is 38.2 Å². The van der Waals surface area contributed by atoms with Gasteiger partial charge in [-0.2, -0.15) is 26.3 Å². The van der Waals surface area contributed by atoms with Gasteiger partial charge in [-0.15, -0.1) is 0 Å². The van der Waals surface area contributed by atoms with Gasteiger partial charge in [0.2, 0.25) is 5.91 Å². The van der Waals surface area contributed by atoms with Gasteiger partial charge in [-0.05, 0) is 53.4 Å². The molecule has 1 aliphatic heterocycles. The molecular formula is C26H18ClF7N2O2. The minimum atomic E-state index is -4.87. The van der Waals surface area contributed by atoms with Crippen LogP contribution in [0, 0.1) is 5.82 Å². The maximum atomic E-state index is 13.9. The average Bonchev–Trinajstić information content (AvgIpc) is 2.83. The molecule has 0 atom stereocenters. The standard InChI is InChI=1S/C26H18ClF7N2O2/c27-20-8-6-15-13-36(24(38)17-3-1-2-4-18(17)25(29,30)31)10-9-16(15)23(20)35-22(37)12-14-5-7-19(21(28)11-14)26(32,33)34/h1-8,11H,9-10,12-13H2,(H,35,37). The van der Waals surface area contributed by atoms with Crippen LogP contribution in [-0.2, 0) is 36.5 Å². The molecule has 4 nitrogen and oxygen atoms in total. The zero-order valence-corrected chi connectivity index (χ0v) is 20.1. The molecule has 200 valence electrons. The van der Waals surface area contributed by atoms with E-state index in [9.17, 15) is 40.3 Å². The number of nitrogens with zero attached hydrogens (tertiary/aromatic N) is 1. The third-order valence-corrected chi connectivity index (χ3v) is 6.39. The second-order valence-corrected chi connectivity index (χ2v) is 9.02. The van der Waals surface area contributed by atoms with Crippen molar-refractivity contribution < 1.29 is 40.3 Å². The molecule has 0 radical (unpaired) electrons. The van der Waals surface area contributed by atoms with Crippen LogP contribution in [-0.4, -0.2) is 23.3 Å². The molecule has 0 bridgehead atoms. The van der Waals surface area contributed by atoms with Crippen molar-refractivity contribution in [2.75, 3.05) is 11.9 Å². The van der Waals surface area contributed by atoms with Crippen molar-refractivity contribution in [3.8, 4) is 0 Å². The van der Waals surface area contributed by atoms with Crippen LogP contribution < -0.4 is 5.32 Å². The lowest BCUT2D eigenvalue weighted by atomic mass is 9.96. The van der Waals surface area contributed by atoms with Crippen LogP contribution in [0.25, 0.3) is 0 Å². The predicted octanol–water partition coefficient (Wildman–Crippen LogP) is 6.90. The number of alkyl halides is 6. The molecule has 1 N–H and O–H groups in total. The SMILES string of the molecule is O=C(Cc1ccc(C(F)(F)F)c(F)c1)Nc1c(Cl)ccc2c1CCN(C(=O)c1ccccc1C(F)(F)F)C2. The van der Waals surface area contributed by atoms with E-state index in [0.29, 0.717) is 23.3 Å². The van der Waals surface area contributed by atoms with E-state index in [1.807, 2.05) is 0 Å². The summed E-state index contributed by atoms with van der Waals surface area (Å²) in [5, 5.41) is 2.74. The molecule has 0 fully saturated rings. The first kappa shape index (κ1) is 27.4. The van der Waals surface area contributed by atoms with Gasteiger partial charge in [-0.3, -0.25) is 9.59 Å². The zero-order chi connectivity index (χ0) is 27.8. The Kier molecular flexibility index (Phi) is 7.42.